The van der Waals surface area contributed by atoms with Crippen LogP contribution in [0.3, 0.4) is 0 Å². The van der Waals surface area contributed by atoms with Crippen molar-refractivity contribution in [1.82, 2.24) is 0 Å². The highest BCUT2D eigenvalue weighted by molar-refractivity contribution is 4.83. The molecule has 0 unspecified atom stereocenters. The fourth-order valence-corrected chi connectivity index (χ4v) is 2.77. The Morgan fingerprint density at radius 2 is 1.50 bits per heavy atom. The summed E-state index contributed by atoms with van der Waals surface area (Å²) in [7, 11) is 0. The van der Waals surface area contributed by atoms with Gasteiger partial charge in [-0.15, -0.1) is 0 Å². The van der Waals surface area contributed by atoms with Gasteiger partial charge < -0.3 is 4.74 Å². The summed E-state index contributed by atoms with van der Waals surface area (Å²) in [6, 6.07) is 0. The van der Waals surface area contributed by atoms with Crippen LogP contribution in [0.25, 0.3) is 0 Å². The molecule has 0 radical (unpaired) electrons. The molecule has 1 saturated carbocycles. The van der Waals surface area contributed by atoms with Gasteiger partial charge in [0.2, 0.25) is 0 Å². The van der Waals surface area contributed by atoms with Crippen molar-refractivity contribution in [3.05, 3.63) is 0 Å². The van der Waals surface area contributed by atoms with Crippen molar-refractivity contribution in [2.24, 2.45) is 0 Å². The highest BCUT2D eigenvalue weighted by Crippen LogP contribution is 2.35. The molecule has 0 spiro atoms. The Balaban J connectivity index is 2.34. The van der Waals surface area contributed by atoms with Gasteiger partial charge in [-0.25, -0.2) is 0 Å². The lowest BCUT2D eigenvalue weighted by molar-refractivity contribution is -0.0855. The van der Waals surface area contributed by atoms with Crippen molar-refractivity contribution in [3.8, 4) is 0 Å². The fraction of sp³-hybridized carbons (Fsp3) is 1.00. The Kier molecular flexibility index (Phi) is 6.41. The summed E-state index contributed by atoms with van der Waals surface area (Å²) in [6.07, 6.45) is 13.6. The lowest BCUT2D eigenvalue weighted by Crippen LogP contribution is -2.30. The molecule has 1 heteroatoms. The summed E-state index contributed by atoms with van der Waals surface area (Å²) < 4.78 is 6.40. The van der Waals surface area contributed by atoms with Crippen LogP contribution in [0.5, 0.6) is 0 Å². The zero-order valence-electron chi connectivity index (χ0n) is 11.6. The minimum atomic E-state index is 0.214. The van der Waals surface area contributed by atoms with E-state index in [-0.39, 0.29) is 5.60 Å². The van der Waals surface area contributed by atoms with Crippen LogP contribution in [-0.2, 0) is 4.74 Å². The molecule has 1 aliphatic rings. The first-order valence-electron chi connectivity index (χ1n) is 7.38. The third-order valence-electron chi connectivity index (χ3n) is 3.87. The molecule has 0 heterocycles. The molecule has 0 aromatic heterocycles. The third kappa shape index (κ3) is 4.86. The van der Waals surface area contributed by atoms with E-state index in [1.54, 1.807) is 0 Å². The quantitative estimate of drug-likeness (QED) is 0.560. The molecule has 0 aromatic carbocycles. The van der Waals surface area contributed by atoms with Gasteiger partial charge in [-0.05, 0) is 32.6 Å². The first kappa shape index (κ1) is 14.0. The van der Waals surface area contributed by atoms with E-state index >= 15 is 0 Å². The molecule has 0 bridgehead atoms. The van der Waals surface area contributed by atoms with Gasteiger partial charge in [0.15, 0.2) is 0 Å². The smallest absolute Gasteiger partial charge is 0.0658 e. The molecule has 96 valence electrons. The van der Waals surface area contributed by atoms with E-state index in [9.17, 15) is 0 Å². The minimum Gasteiger partial charge on any atom is -0.372 e. The molecule has 16 heavy (non-hydrogen) atoms. The predicted molar refractivity (Wildman–Crippen MR) is 70.8 cm³/mol. The predicted octanol–water partition coefficient (Wildman–Crippen LogP) is 5.08. The summed E-state index contributed by atoms with van der Waals surface area (Å²) in [4.78, 5) is 0. The lowest BCUT2D eigenvalue weighted by atomic mass is 10.0. The highest BCUT2D eigenvalue weighted by Gasteiger charge is 2.31. The third-order valence-corrected chi connectivity index (χ3v) is 3.87. The summed E-state index contributed by atoms with van der Waals surface area (Å²) in [5.41, 5.74) is 0.214. The minimum absolute atomic E-state index is 0.214. The van der Waals surface area contributed by atoms with Crippen LogP contribution in [0.4, 0.5) is 0 Å². The van der Waals surface area contributed by atoms with Crippen molar-refractivity contribution in [3.63, 3.8) is 0 Å². The lowest BCUT2D eigenvalue weighted by Gasteiger charge is -2.30. The van der Waals surface area contributed by atoms with Gasteiger partial charge in [0, 0.05) is 0 Å². The second kappa shape index (κ2) is 7.32. The molecule has 1 rings (SSSR count). The average molecular weight is 226 g/mol. The normalized spacial score (nSPS) is 19.5. The van der Waals surface area contributed by atoms with E-state index < -0.39 is 0 Å². The zero-order chi connectivity index (χ0) is 11.9. The van der Waals surface area contributed by atoms with Crippen LogP contribution in [0.1, 0.15) is 85.0 Å². The van der Waals surface area contributed by atoms with E-state index in [1.165, 1.54) is 64.2 Å². The van der Waals surface area contributed by atoms with Gasteiger partial charge in [0.25, 0.3) is 0 Å². The van der Waals surface area contributed by atoms with Crippen LogP contribution in [-0.4, -0.2) is 11.7 Å². The number of hydrogen-bond acceptors (Lipinski definition) is 1. The van der Waals surface area contributed by atoms with Crippen molar-refractivity contribution in [1.29, 1.82) is 0 Å². The van der Waals surface area contributed by atoms with Crippen LogP contribution in [0.15, 0.2) is 0 Å². The summed E-state index contributed by atoms with van der Waals surface area (Å²) in [6.45, 7) is 6.87. The van der Waals surface area contributed by atoms with E-state index in [0.717, 1.165) is 0 Å². The molecule has 0 atom stereocenters. The topological polar surface area (TPSA) is 9.23 Å². The van der Waals surface area contributed by atoms with Crippen LogP contribution < -0.4 is 0 Å². The summed E-state index contributed by atoms with van der Waals surface area (Å²) in [5.74, 6) is 0. The molecule has 0 saturated heterocycles. The second-order valence-electron chi connectivity index (χ2n) is 5.68. The van der Waals surface area contributed by atoms with Gasteiger partial charge in [-0.2, -0.15) is 0 Å². The first-order valence-corrected chi connectivity index (χ1v) is 7.38. The maximum absolute atomic E-state index is 6.40. The molecular weight excluding hydrogens is 196 g/mol. The van der Waals surface area contributed by atoms with Crippen molar-refractivity contribution in [2.45, 2.75) is 96.7 Å². The van der Waals surface area contributed by atoms with Gasteiger partial charge in [0.05, 0.1) is 11.7 Å². The molecule has 0 amide bonds. The Bertz CT molecular complexity index is 162. The second-order valence-corrected chi connectivity index (χ2v) is 5.68. The molecule has 0 N–H and O–H groups in total. The maximum Gasteiger partial charge on any atom is 0.0658 e. The van der Waals surface area contributed by atoms with Crippen molar-refractivity contribution >= 4 is 0 Å². The van der Waals surface area contributed by atoms with Gasteiger partial charge in [0.1, 0.15) is 0 Å². The van der Waals surface area contributed by atoms with Gasteiger partial charge >= 0.3 is 0 Å². The molecule has 1 fully saturated rings. The van der Waals surface area contributed by atoms with Crippen LogP contribution in [0, 0.1) is 0 Å². The van der Waals surface area contributed by atoms with E-state index in [1.807, 2.05) is 0 Å². The SMILES string of the molecule is CCCCC(CCCC)OC1(C)CCCC1. The summed E-state index contributed by atoms with van der Waals surface area (Å²) >= 11 is 0. The monoisotopic (exact) mass is 226 g/mol. The van der Waals surface area contributed by atoms with Gasteiger partial charge in [-0.1, -0.05) is 52.4 Å². The van der Waals surface area contributed by atoms with E-state index in [2.05, 4.69) is 20.8 Å². The zero-order valence-corrected chi connectivity index (χ0v) is 11.6. The Hall–Kier alpha value is -0.0400. The molecule has 0 aliphatic heterocycles. The Labute approximate surface area is 102 Å². The fourth-order valence-electron chi connectivity index (χ4n) is 2.77. The maximum atomic E-state index is 6.40. The standard InChI is InChI=1S/C15H30O/c1-4-6-10-14(11-7-5-2)16-15(3)12-8-9-13-15/h14H,4-13H2,1-3H3. The number of unbranched alkanes of at least 4 members (excludes halogenated alkanes) is 2. The van der Waals surface area contributed by atoms with Gasteiger partial charge in [-0.3, -0.25) is 0 Å². The molecule has 0 aromatic rings. The Morgan fingerprint density at radius 1 is 1.00 bits per heavy atom. The van der Waals surface area contributed by atoms with Crippen LogP contribution >= 0.6 is 0 Å². The largest absolute Gasteiger partial charge is 0.372 e. The number of rotatable bonds is 8. The van der Waals surface area contributed by atoms with E-state index in [0.29, 0.717) is 6.10 Å². The molecule has 1 nitrogen and oxygen atoms in total. The van der Waals surface area contributed by atoms with E-state index in [4.69, 9.17) is 4.74 Å². The first-order chi connectivity index (χ1) is 7.70. The average Bonchev–Trinajstić information content (AvgIpc) is 2.69. The number of ether oxygens (including phenoxy) is 1. The molecule has 1 aliphatic carbocycles. The Morgan fingerprint density at radius 3 is 1.94 bits per heavy atom. The van der Waals surface area contributed by atoms with Crippen molar-refractivity contribution in [2.75, 3.05) is 0 Å². The summed E-state index contributed by atoms with van der Waals surface area (Å²) in [5, 5.41) is 0. The van der Waals surface area contributed by atoms with Crippen LogP contribution in [0.2, 0.25) is 0 Å². The van der Waals surface area contributed by atoms with Crippen molar-refractivity contribution < 1.29 is 4.74 Å². The molecular formula is C15H30O. The highest BCUT2D eigenvalue weighted by atomic mass is 16.5. The number of hydrogen-bond donors (Lipinski definition) is 0.